The lowest BCUT2D eigenvalue weighted by Crippen LogP contribution is -2.17. The monoisotopic (exact) mass is 349 g/mol. The number of carbonyl (C=O) groups is 3. The second-order valence-corrected chi connectivity index (χ2v) is 6.31. The van der Waals surface area contributed by atoms with Crippen LogP contribution in [0.1, 0.15) is 55.6 Å². The van der Waals surface area contributed by atoms with Gasteiger partial charge in [0.25, 0.3) is 5.91 Å². The number of hydrogen-bond acceptors (Lipinski definition) is 6. The van der Waals surface area contributed by atoms with Gasteiger partial charge in [-0.2, -0.15) is 5.10 Å². The van der Waals surface area contributed by atoms with Crippen molar-refractivity contribution in [2.45, 2.75) is 27.7 Å². The number of esters is 1. The quantitative estimate of drug-likeness (QED) is 0.662. The van der Waals surface area contributed by atoms with E-state index in [4.69, 9.17) is 4.74 Å². The molecule has 0 spiro atoms. The number of nitrogens with zero attached hydrogens (tertiary/aromatic N) is 2. The maximum absolute atomic E-state index is 12.5. The molecular formula is C16H19N3O4S. The fourth-order valence-corrected chi connectivity index (χ4v) is 3.46. The van der Waals surface area contributed by atoms with Crippen molar-refractivity contribution in [3.8, 4) is 0 Å². The van der Waals surface area contributed by atoms with E-state index in [2.05, 4.69) is 10.4 Å². The molecule has 128 valence electrons. The first kappa shape index (κ1) is 17.9. The molecule has 24 heavy (non-hydrogen) atoms. The third-order valence-corrected chi connectivity index (χ3v) is 4.72. The highest BCUT2D eigenvalue weighted by molar-refractivity contribution is 7.18. The number of anilines is 1. The van der Waals surface area contributed by atoms with Crippen LogP contribution >= 0.6 is 11.3 Å². The number of aryl methyl sites for hydroxylation is 2. The SMILES string of the molecule is CCOC(=O)c1c(NC(=O)c2cc(C)nn2C)sc(C(C)=O)c1C. The molecular weight excluding hydrogens is 330 g/mol. The number of ether oxygens (including phenoxy) is 1. The molecule has 0 aliphatic rings. The van der Waals surface area contributed by atoms with Crippen molar-refractivity contribution in [3.63, 3.8) is 0 Å². The van der Waals surface area contributed by atoms with Crippen LogP contribution in [-0.4, -0.2) is 34.0 Å². The van der Waals surface area contributed by atoms with Gasteiger partial charge >= 0.3 is 5.97 Å². The Balaban J connectivity index is 2.43. The number of Topliss-reactive ketones (excluding diaryl/α,β-unsaturated/α-hetero) is 1. The van der Waals surface area contributed by atoms with Crippen LogP contribution in [0.25, 0.3) is 0 Å². The van der Waals surface area contributed by atoms with Crippen LogP contribution in [0.2, 0.25) is 0 Å². The average Bonchev–Trinajstić information content (AvgIpc) is 2.98. The summed E-state index contributed by atoms with van der Waals surface area (Å²) in [6.07, 6.45) is 0. The summed E-state index contributed by atoms with van der Waals surface area (Å²) >= 11 is 1.07. The zero-order chi connectivity index (χ0) is 18.0. The molecule has 0 unspecified atom stereocenters. The summed E-state index contributed by atoms with van der Waals surface area (Å²) in [4.78, 5) is 36.9. The van der Waals surface area contributed by atoms with Crippen molar-refractivity contribution in [3.05, 3.63) is 33.5 Å². The van der Waals surface area contributed by atoms with Gasteiger partial charge in [-0.05, 0) is 39.3 Å². The number of amides is 1. The molecule has 2 aromatic rings. The molecule has 0 atom stereocenters. The molecule has 2 heterocycles. The lowest BCUT2D eigenvalue weighted by molar-refractivity contribution is 0.0527. The van der Waals surface area contributed by atoms with Gasteiger partial charge in [0.1, 0.15) is 10.7 Å². The van der Waals surface area contributed by atoms with Crippen LogP contribution < -0.4 is 5.32 Å². The summed E-state index contributed by atoms with van der Waals surface area (Å²) in [6, 6.07) is 1.64. The van der Waals surface area contributed by atoms with E-state index in [0.29, 0.717) is 26.8 Å². The number of carbonyl (C=O) groups excluding carboxylic acids is 3. The molecule has 0 fully saturated rings. The highest BCUT2D eigenvalue weighted by Crippen LogP contribution is 2.34. The number of ketones is 1. The maximum atomic E-state index is 12.5. The lowest BCUT2D eigenvalue weighted by Gasteiger charge is -2.07. The Morgan fingerprint density at radius 3 is 2.50 bits per heavy atom. The van der Waals surface area contributed by atoms with E-state index in [-0.39, 0.29) is 18.0 Å². The Hall–Kier alpha value is -2.48. The van der Waals surface area contributed by atoms with Crippen LogP contribution in [-0.2, 0) is 11.8 Å². The van der Waals surface area contributed by atoms with Gasteiger partial charge in [0.2, 0.25) is 0 Å². The highest BCUT2D eigenvalue weighted by Gasteiger charge is 2.26. The van der Waals surface area contributed by atoms with Gasteiger partial charge in [0, 0.05) is 7.05 Å². The van der Waals surface area contributed by atoms with E-state index in [0.717, 1.165) is 11.3 Å². The molecule has 0 radical (unpaired) electrons. The Labute approximate surface area is 143 Å². The first-order valence-corrected chi connectivity index (χ1v) is 8.21. The molecule has 1 N–H and O–H groups in total. The standard InChI is InChI=1S/C16H19N3O4S/c1-6-23-16(22)12-9(3)13(10(4)20)24-15(12)17-14(21)11-7-8(2)18-19(11)5/h7H,6H2,1-5H3,(H,17,21). The van der Waals surface area contributed by atoms with E-state index in [1.807, 2.05) is 0 Å². The summed E-state index contributed by atoms with van der Waals surface area (Å²) in [5.74, 6) is -1.13. The number of nitrogens with one attached hydrogen (secondary N) is 1. The lowest BCUT2D eigenvalue weighted by atomic mass is 10.1. The Kier molecular flexibility index (Phi) is 5.18. The van der Waals surface area contributed by atoms with Crippen molar-refractivity contribution >= 4 is 34.0 Å². The minimum Gasteiger partial charge on any atom is -0.462 e. The van der Waals surface area contributed by atoms with E-state index in [1.165, 1.54) is 11.6 Å². The molecule has 2 aromatic heterocycles. The molecule has 0 aliphatic carbocycles. The third-order valence-electron chi connectivity index (χ3n) is 3.41. The van der Waals surface area contributed by atoms with Crippen molar-refractivity contribution in [2.24, 2.45) is 7.05 Å². The molecule has 0 saturated heterocycles. The van der Waals surface area contributed by atoms with Gasteiger partial charge in [0.05, 0.1) is 22.7 Å². The first-order chi connectivity index (χ1) is 11.3. The zero-order valence-corrected chi connectivity index (χ0v) is 15.0. The second kappa shape index (κ2) is 6.96. The predicted octanol–water partition coefficient (Wildman–Crippen LogP) is 2.73. The molecule has 1 amide bonds. The molecule has 0 aromatic carbocycles. The first-order valence-electron chi connectivity index (χ1n) is 7.39. The van der Waals surface area contributed by atoms with Gasteiger partial charge in [-0.3, -0.25) is 14.3 Å². The summed E-state index contributed by atoms with van der Waals surface area (Å²) < 4.78 is 6.50. The summed E-state index contributed by atoms with van der Waals surface area (Å²) in [6.45, 7) is 6.77. The van der Waals surface area contributed by atoms with Gasteiger partial charge < -0.3 is 10.1 Å². The Morgan fingerprint density at radius 1 is 1.33 bits per heavy atom. The van der Waals surface area contributed by atoms with Gasteiger partial charge in [-0.15, -0.1) is 11.3 Å². The highest BCUT2D eigenvalue weighted by atomic mass is 32.1. The Bertz CT molecular complexity index is 820. The van der Waals surface area contributed by atoms with E-state index >= 15 is 0 Å². The minimum atomic E-state index is -0.560. The van der Waals surface area contributed by atoms with E-state index in [1.54, 1.807) is 33.9 Å². The van der Waals surface area contributed by atoms with Crippen LogP contribution in [0.4, 0.5) is 5.00 Å². The largest absolute Gasteiger partial charge is 0.462 e. The third kappa shape index (κ3) is 3.38. The number of rotatable bonds is 5. The Morgan fingerprint density at radius 2 is 2.00 bits per heavy atom. The van der Waals surface area contributed by atoms with E-state index < -0.39 is 11.9 Å². The molecule has 0 bridgehead atoms. The molecule has 7 nitrogen and oxygen atoms in total. The molecule has 0 aliphatic heterocycles. The van der Waals surface area contributed by atoms with Crippen LogP contribution in [0, 0.1) is 13.8 Å². The predicted molar refractivity (Wildman–Crippen MR) is 90.9 cm³/mol. The van der Waals surface area contributed by atoms with Crippen molar-refractivity contribution < 1.29 is 19.1 Å². The summed E-state index contributed by atoms with van der Waals surface area (Å²) in [7, 11) is 1.66. The van der Waals surface area contributed by atoms with Crippen LogP contribution in [0.3, 0.4) is 0 Å². The number of hydrogen-bond donors (Lipinski definition) is 1. The molecule has 0 saturated carbocycles. The summed E-state index contributed by atoms with van der Waals surface area (Å²) in [5, 5.41) is 7.13. The number of aromatic nitrogens is 2. The van der Waals surface area contributed by atoms with Crippen molar-refractivity contribution in [1.82, 2.24) is 9.78 Å². The van der Waals surface area contributed by atoms with Gasteiger partial charge in [-0.25, -0.2) is 4.79 Å². The van der Waals surface area contributed by atoms with Crippen LogP contribution in [0.5, 0.6) is 0 Å². The van der Waals surface area contributed by atoms with Crippen molar-refractivity contribution in [2.75, 3.05) is 11.9 Å². The normalized spacial score (nSPS) is 10.5. The maximum Gasteiger partial charge on any atom is 0.341 e. The average molecular weight is 349 g/mol. The van der Waals surface area contributed by atoms with E-state index in [9.17, 15) is 14.4 Å². The fraction of sp³-hybridized carbons (Fsp3) is 0.375. The number of thiophene rings is 1. The van der Waals surface area contributed by atoms with Gasteiger partial charge in [0.15, 0.2) is 5.78 Å². The second-order valence-electron chi connectivity index (χ2n) is 5.29. The molecule has 8 heteroatoms. The zero-order valence-electron chi connectivity index (χ0n) is 14.2. The van der Waals surface area contributed by atoms with Gasteiger partial charge in [-0.1, -0.05) is 0 Å². The summed E-state index contributed by atoms with van der Waals surface area (Å²) in [5.41, 5.74) is 1.81. The fourth-order valence-electron chi connectivity index (χ4n) is 2.38. The smallest absolute Gasteiger partial charge is 0.341 e. The van der Waals surface area contributed by atoms with Crippen molar-refractivity contribution in [1.29, 1.82) is 0 Å². The minimum absolute atomic E-state index is 0.167. The molecule has 2 rings (SSSR count). The topological polar surface area (TPSA) is 90.3 Å². The van der Waals surface area contributed by atoms with Crippen LogP contribution in [0.15, 0.2) is 6.07 Å².